The van der Waals surface area contributed by atoms with Crippen molar-refractivity contribution in [1.82, 2.24) is 4.90 Å². The zero-order valence-electron chi connectivity index (χ0n) is 13.9. The summed E-state index contributed by atoms with van der Waals surface area (Å²) in [6, 6.07) is 10.9. The number of Topliss-reactive ketones (excluding diaryl/α,β-unsaturated/α-hetero) is 1. The van der Waals surface area contributed by atoms with Crippen LogP contribution in [0.1, 0.15) is 41.0 Å². The molecule has 1 aromatic heterocycles. The largest absolute Gasteiger partial charge is 0.496 e. The van der Waals surface area contributed by atoms with Gasteiger partial charge in [0.1, 0.15) is 5.75 Å². The smallest absolute Gasteiger partial charge is 0.223 e. The van der Waals surface area contributed by atoms with Gasteiger partial charge in [-0.05, 0) is 25.1 Å². The van der Waals surface area contributed by atoms with Gasteiger partial charge in [0.2, 0.25) is 5.91 Å². The third-order valence-corrected chi connectivity index (χ3v) is 5.25. The van der Waals surface area contributed by atoms with E-state index in [1.54, 1.807) is 31.2 Å². The van der Waals surface area contributed by atoms with Gasteiger partial charge in [0, 0.05) is 25.5 Å². The highest BCUT2D eigenvalue weighted by molar-refractivity contribution is 7.18. The number of halogens is 1. The number of nitrogens with zero attached hydrogens (tertiary/aromatic N) is 1. The number of amides is 1. The lowest BCUT2D eigenvalue weighted by molar-refractivity contribution is -0.131. The van der Waals surface area contributed by atoms with Crippen molar-refractivity contribution in [2.45, 2.75) is 25.8 Å². The van der Waals surface area contributed by atoms with Crippen molar-refractivity contribution in [1.29, 1.82) is 0 Å². The normalized spacial score (nSPS) is 11.8. The standard InChI is InChI=1S/C18H20ClNO3S/c1-12(13-6-4-5-7-15(13)23-3)20(2)18(22)11-8-14(21)16-9-10-17(19)24-16/h4-7,9-10,12H,8,11H2,1-3H3. The number of benzene rings is 1. The molecule has 0 saturated carbocycles. The Morgan fingerprint density at radius 1 is 1.21 bits per heavy atom. The number of carbonyl (C=O) groups is 2. The molecule has 1 unspecified atom stereocenters. The van der Waals surface area contributed by atoms with Crippen LogP contribution in [-0.4, -0.2) is 30.7 Å². The molecule has 128 valence electrons. The Morgan fingerprint density at radius 2 is 1.92 bits per heavy atom. The van der Waals surface area contributed by atoms with Crippen molar-refractivity contribution in [3.8, 4) is 5.75 Å². The highest BCUT2D eigenvalue weighted by atomic mass is 35.5. The molecule has 6 heteroatoms. The number of rotatable bonds is 7. The fraction of sp³-hybridized carbons (Fsp3) is 0.333. The number of hydrogen-bond acceptors (Lipinski definition) is 4. The van der Waals surface area contributed by atoms with Crippen molar-refractivity contribution in [2.24, 2.45) is 0 Å². The fourth-order valence-corrected chi connectivity index (χ4v) is 3.43. The van der Waals surface area contributed by atoms with Crippen molar-refractivity contribution >= 4 is 34.6 Å². The first-order chi connectivity index (χ1) is 11.4. The number of ether oxygens (including phenoxy) is 1. The molecule has 0 saturated heterocycles. The summed E-state index contributed by atoms with van der Waals surface area (Å²) in [5, 5.41) is 0. The van der Waals surface area contributed by atoms with Gasteiger partial charge in [0.25, 0.3) is 0 Å². The fourth-order valence-electron chi connectivity index (χ4n) is 2.42. The highest BCUT2D eigenvalue weighted by Gasteiger charge is 2.21. The molecule has 0 N–H and O–H groups in total. The Bertz CT molecular complexity index is 729. The molecular weight excluding hydrogens is 346 g/mol. The van der Waals surface area contributed by atoms with Gasteiger partial charge < -0.3 is 9.64 Å². The molecular formula is C18H20ClNO3S. The number of ketones is 1. The number of carbonyl (C=O) groups excluding carboxylic acids is 2. The topological polar surface area (TPSA) is 46.6 Å². The first-order valence-corrected chi connectivity index (χ1v) is 8.80. The summed E-state index contributed by atoms with van der Waals surface area (Å²) < 4.78 is 5.93. The average Bonchev–Trinajstić information content (AvgIpc) is 3.04. The maximum Gasteiger partial charge on any atom is 0.223 e. The minimum absolute atomic E-state index is 0.0569. The van der Waals surface area contributed by atoms with Crippen LogP contribution in [0.3, 0.4) is 0 Å². The molecule has 1 amide bonds. The summed E-state index contributed by atoms with van der Waals surface area (Å²) >= 11 is 7.07. The Kier molecular flexibility index (Phi) is 6.40. The van der Waals surface area contributed by atoms with Gasteiger partial charge in [0.15, 0.2) is 5.78 Å². The van der Waals surface area contributed by atoms with E-state index in [1.165, 1.54) is 11.3 Å². The molecule has 0 spiro atoms. The van der Waals surface area contributed by atoms with Crippen LogP contribution >= 0.6 is 22.9 Å². The Balaban J connectivity index is 1.97. The first-order valence-electron chi connectivity index (χ1n) is 7.61. The lowest BCUT2D eigenvalue weighted by Crippen LogP contribution is -2.30. The zero-order chi connectivity index (χ0) is 17.7. The monoisotopic (exact) mass is 365 g/mol. The molecule has 2 rings (SSSR count). The molecule has 1 atom stereocenters. The van der Waals surface area contributed by atoms with E-state index in [0.717, 1.165) is 11.3 Å². The molecule has 1 aromatic carbocycles. The molecule has 4 nitrogen and oxygen atoms in total. The van der Waals surface area contributed by atoms with Crippen LogP contribution < -0.4 is 4.74 Å². The van der Waals surface area contributed by atoms with E-state index in [9.17, 15) is 9.59 Å². The second-order valence-electron chi connectivity index (χ2n) is 5.45. The SMILES string of the molecule is COc1ccccc1C(C)N(C)C(=O)CCC(=O)c1ccc(Cl)s1. The predicted octanol–water partition coefficient (Wildman–Crippen LogP) is 4.59. The van der Waals surface area contributed by atoms with E-state index in [-0.39, 0.29) is 30.6 Å². The summed E-state index contributed by atoms with van der Waals surface area (Å²) in [7, 11) is 3.35. The second-order valence-corrected chi connectivity index (χ2v) is 7.16. The van der Waals surface area contributed by atoms with Crippen molar-refractivity contribution in [3.05, 3.63) is 51.2 Å². The van der Waals surface area contributed by atoms with Gasteiger partial charge in [0.05, 0.1) is 22.4 Å². The molecule has 0 aliphatic carbocycles. The minimum Gasteiger partial charge on any atom is -0.496 e. The Morgan fingerprint density at radius 3 is 2.54 bits per heavy atom. The van der Waals surface area contributed by atoms with Gasteiger partial charge in [-0.25, -0.2) is 0 Å². The molecule has 0 radical (unpaired) electrons. The van der Waals surface area contributed by atoms with E-state index in [0.29, 0.717) is 9.21 Å². The molecule has 0 aliphatic rings. The number of methoxy groups -OCH3 is 1. The molecule has 24 heavy (non-hydrogen) atoms. The van der Waals surface area contributed by atoms with E-state index >= 15 is 0 Å². The molecule has 2 aromatic rings. The summed E-state index contributed by atoms with van der Waals surface area (Å²) in [5.74, 6) is 0.608. The maximum atomic E-state index is 12.4. The minimum atomic E-state index is -0.139. The van der Waals surface area contributed by atoms with E-state index < -0.39 is 0 Å². The van der Waals surface area contributed by atoms with Gasteiger partial charge in [-0.15, -0.1) is 11.3 Å². The Hall–Kier alpha value is -1.85. The van der Waals surface area contributed by atoms with Gasteiger partial charge in [-0.3, -0.25) is 9.59 Å². The van der Waals surface area contributed by atoms with Crippen LogP contribution in [0.5, 0.6) is 5.75 Å². The van der Waals surface area contributed by atoms with Gasteiger partial charge in [-0.2, -0.15) is 0 Å². The third-order valence-electron chi connectivity index (χ3n) is 3.98. The summed E-state index contributed by atoms with van der Waals surface area (Å²) in [6.45, 7) is 1.94. The number of para-hydroxylation sites is 1. The van der Waals surface area contributed by atoms with E-state index in [1.807, 2.05) is 31.2 Å². The molecule has 0 bridgehead atoms. The summed E-state index contributed by atoms with van der Waals surface area (Å²) in [4.78, 5) is 26.7. The average molecular weight is 366 g/mol. The van der Waals surface area contributed by atoms with Crippen molar-refractivity contribution < 1.29 is 14.3 Å². The summed E-state index contributed by atoms with van der Waals surface area (Å²) in [5.41, 5.74) is 0.937. The molecule has 0 fully saturated rings. The predicted molar refractivity (Wildman–Crippen MR) is 97.1 cm³/mol. The first kappa shape index (κ1) is 18.5. The number of thiophene rings is 1. The number of hydrogen-bond donors (Lipinski definition) is 0. The van der Waals surface area contributed by atoms with Gasteiger partial charge >= 0.3 is 0 Å². The highest BCUT2D eigenvalue weighted by Crippen LogP contribution is 2.29. The van der Waals surface area contributed by atoms with Crippen LogP contribution in [-0.2, 0) is 4.79 Å². The van der Waals surface area contributed by atoms with Gasteiger partial charge in [-0.1, -0.05) is 29.8 Å². The Labute approximate surface area is 151 Å². The van der Waals surface area contributed by atoms with Crippen LogP contribution in [0.2, 0.25) is 4.34 Å². The lowest BCUT2D eigenvalue weighted by Gasteiger charge is -2.26. The second kappa shape index (κ2) is 8.31. The lowest BCUT2D eigenvalue weighted by atomic mass is 10.1. The molecule has 1 heterocycles. The zero-order valence-corrected chi connectivity index (χ0v) is 15.5. The van der Waals surface area contributed by atoms with E-state index in [2.05, 4.69) is 0 Å². The molecule has 0 aliphatic heterocycles. The van der Waals surface area contributed by atoms with E-state index in [4.69, 9.17) is 16.3 Å². The van der Waals surface area contributed by atoms with Crippen LogP contribution in [0.4, 0.5) is 0 Å². The van der Waals surface area contributed by atoms with Crippen LogP contribution in [0.15, 0.2) is 36.4 Å². The van der Waals surface area contributed by atoms with Crippen LogP contribution in [0, 0.1) is 0 Å². The quantitative estimate of drug-likeness (QED) is 0.674. The summed E-state index contributed by atoms with van der Waals surface area (Å²) in [6.07, 6.45) is 0.350. The van der Waals surface area contributed by atoms with Crippen LogP contribution in [0.25, 0.3) is 0 Å². The van der Waals surface area contributed by atoms with Crippen molar-refractivity contribution in [3.63, 3.8) is 0 Å². The maximum absolute atomic E-state index is 12.4. The van der Waals surface area contributed by atoms with Crippen molar-refractivity contribution in [2.75, 3.05) is 14.2 Å². The third kappa shape index (κ3) is 4.36.